The smallest absolute Gasteiger partial charge is 0.0252 e. The van der Waals surface area contributed by atoms with Crippen LogP contribution in [0, 0.1) is 0 Å². The Balaban J connectivity index is 0.000000144. The summed E-state index contributed by atoms with van der Waals surface area (Å²) < 4.78 is 0. The molecule has 0 unspecified atom stereocenters. The lowest BCUT2D eigenvalue weighted by Gasteiger charge is -2.22. The van der Waals surface area contributed by atoms with E-state index in [1.165, 1.54) is 56.5 Å². The molecule has 1 heteroatoms. The van der Waals surface area contributed by atoms with Gasteiger partial charge in [-0.3, -0.25) is 0 Å². The maximum Gasteiger partial charge on any atom is 0.0252 e. The second-order valence-electron chi connectivity index (χ2n) is 9.13. The van der Waals surface area contributed by atoms with Crippen molar-refractivity contribution in [3.05, 3.63) is 125 Å². The molecule has 32 heavy (non-hydrogen) atoms. The Bertz CT molecular complexity index is 1250. The zero-order valence-electron chi connectivity index (χ0n) is 18.9. The molecule has 4 aromatic rings. The van der Waals surface area contributed by atoms with E-state index in [9.17, 15) is 0 Å². The van der Waals surface area contributed by atoms with Crippen LogP contribution in [0.2, 0.25) is 0 Å². The first-order valence-corrected chi connectivity index (χ1v) is 12.5. The minimum atomic E-state index is 0.0444. The highest BCUT2D eigenvalue weighted by Gasteiger charge is 2.35. The van der Waals surface area contributed by atoms with Crippen molar-refractivity contribution in [3.8, 4) is 22.3 Å². The Morgan fingerprint density at radius 3 is 1.94 bits per heavy atom. The predicted molar refractivity (Wildman–Crippen MR) is 142 cm³/mol. The maximum atomic E-state index is 3.87. The van der Waals surface area contributed by atoms with E-state index in [0.29, 0.717) is 9.12 Å². The summed E-state index contributed by atoms with van der Waals surface area (Å²) in [5.41, 5.74) is 14.7. The molecule has 0 radical (unpaired) electrons. The highest BCUT2D eigenvalue weighted by molar-refractivity contribution is 6.33. The third-order valence-corrected chi connectivity index (χ3v) is 8.23. The zero-order valence-corrected chi connectivity index (χ0v) is 20.0. The lowest BCUT2D eigenvalue weighted by atomic mass is 9.81. The highest BCUT2D eigenvalue weighted by atomic mass is 28.2. The largest absolute Gasteiger partial charge is 0.0985 e. The molecule has 0 nitrogen and oxygen atoms in total. The van der Waals surface area contributed by atoms with Crippen molar-refractivity contribution in [2.24, 2.45) is 0 Å². The monoisotopic (exact) mass is 428 g/mol. The molecule has 156 valence electrons. The van der Waals surface area contributed by atoms with E-state index in [0.717, 1.165) is 0 Å². The fraction of sp³-hybridized carbons (Fsp3) is 0.129. The van der Waals surface area contributed by atoms with Gasteiger partial charge < -0.3 is 0 Å². The molecular formula is C31H28Si. The molecule has 3 aromatic carbocycles. The van der Waals surface area contributed by atoms with Gasteiger partial charge in [-0.05, 0) is 56.5 Å². The third-order valence-electron chi connectivity index (χ3n) is 6.90. The first-order valence-electron chi connectivity index (χ1n) is 11.2. The minimum Gasteiger partial charge on any atom is -0.0985 e. The van der Waals surface area contributed by atoms with E-state index < -0.39 is 0 Å². The SMILES string of the molecule is C=Cc1ccc2c(c1)C(C)(C)c1cc(C=C)ccc1-2.c1ccc2c(c1)Cc1[siH]cccc1-2. The van der Waals surface area contributed by atoms with Crippen molar-refractivity contribution < 1.29 is 0 Å². The molecule has 1 heterocycles. The van der Waals surface area contributed by atoms with Crippen LogP contribution in [0.3, 0.4) is 0 Å². The summed E-state index contributed by atoms with van der Waals surface area (Å²) in [4.78, 5) is 0. The maximum absolute atomic E-state index is 3.87. The number of benzene rings is 3. The minimum absolute atomic E-state index is 0.0444. The summed E-state index contributed by atoms with van der Waals surface area (Å²) in [6, 6.07) is 26.5. The molecular weight excluding hydrogens is 400 g/mol. The Morgan fingerprint density at radius 2 is 1.31 bits per heavy atom. The standard InChI is InChI=1S/C19H18.C12H10Si/c1-5-13-7-9-15-16-10-8-14(6-2)12-18(16)19(3,4)17(15)11-13;1-2-5-10-9(4-1)8-12-11(10)6-3-7-13-12/h5-12H,1-2H2,3-4H3;1-7,13H,8H2. The topological polar surface area (TPSA) is 0 Å². The van der Waals surface area contributed by atoms with Gasteiger partial charge in [0.15, 0.2) is 0 Å². The van der Waals surface area contributed by atoms with Gasteiger partial charge in [0.1, 0.15) is 0 Å². The van der Waals surface area contributed by atoms with Crippen LogP contribution in [0.5, 0.6) is 0 Å². The molecule has 6 rings (SSSR count). The van der Waals surface area contributed by atoms with Gasteiger partial charge in [-0.25, -0.2) is 0 Å². The van der Waals surface area contributed by atoms with Gasteiger partial charge in [0.25, 0.3) is 0 Å². The van der Waals surface area contributed by atoms with Crippen LogP contribution in [0.1, 0.15) is 46.8 Å². The molecule has 0 N–H and O–H groups in total. The average molecular weight is 429 g/mol. The lowest BCUT2D eigenvalue weighted by Crippen LogP contribution is -2.15. The van der Waals surface area contributed by atoms with Crippen LogP contribution in [-0.2, 0) is 11.8 Å². The van der Waals surface area contributed by atoms with Crippen LogP contribution < -0.4 is 0 Å². The second kappa shape index (κ2) is 8.00. The molecule has 0 atom stereocenters. The number of fused-ring (bicyclic) bond motifs is 6. The Morgan fingerprint density at radius 1 is 0.719 bits per heavy atom. The second-order valence-corrected chi connectivity index (χ2v) is 10.5. The first kappa shape index (κ1) is 20.6. The van der Waals surface area contributed by atoms with Crippen molar-refractivity contribution in [1.82, 2.24) is 0 Å². The van der Waals surface area contributed by atoms with Crippen molar-refractivity contribution in [1.29, 1.82) is 0 Å². The zero-order chi connectivity index (χ0) is 22.3. The predicted octanol–water partition coefficient (Wildman–Crippen LogP) is 7.61. The number of hydrogen-bond acceptors (Lipinski definition) is 0. The molecule has 0 fully saturated rings. The van der Waals surface area contributed by atoms with Gasteiger partial charge in [0, 0.05) is 14.5 Å². The molecule has 2 aliphatic carbocycles. The van der Waals surface area contributed by atoms with Crippen molar-refractivity contribution in [3.63, 3.8) is 0 Å². The Hall–Kier alpha value is -3.29. The first-order chi connectivity index (χ1) is 15.5. The van der Waals surface area contributed by atoms with Crippen LogP contribution in [0.25, 0.3) is 34.4 Å². The fourth-order valence-corrected chi connectivity index (χ4v) is 6.33. The molecule has 0 saturated heterocycles. The summed E-state index contributed by atoms with van der Waals surface area (Å²) in [5, 5.41) is 1.67. The van der Waals surface area contributed by atoms with E-state index in [4.69, 9.17) is 0 Å². The molecule has 0 saturated carbocycles. The Labute approximate surface area is 193 Å². The van der Waals surface area contributed by atoms with Gasteiger partial charge in [-0.15, -0.1) is 0 Å². The van der Waals surface area contributed by atoms with E-state index in [1.54, 1.807) is 5.17 Å². The van der Waals surface area contributed by atoms with Gasteiger partial charge in [0.05, 0.1) is 0 Å². The summed E-state index contributed by atoms with van der Waals surface area (Å²) in [6.07, 6.45) is 5.02. The number of hydrogen-bond donors (Lipinski definition) is 0. The van der Waals surface area contributed by atoms with Crippen LogP contribution in [-0.4, -0.2) is 9.12 Å². The fourth-order valence-electron chi connectivity index (χ4n) is 5.11. The highest BCUT2D eigenvalue weighted by Crippen LogP contribution is 2.49. The van der Waals surface area contributed by atoms with E-state index in [2.05, 4.69) is 105 Å². The third kappa shape index (κ3) is 3.34. The van der Waals surface area contributed by atoms with Crippen molar-refractivity contribution in [2.75, 3.05) is 0 Å². The van der Waals surface area contributed by atoms with Crippen molar-refractivity contribution in [2.45, 2.75) is 25.7 Å². The Kier molecular flexibility index (Phi) is 5.15. The van der Waals surface area contributed by atoms with Crippen molar-refractivity contribution >= 4 is 21.3 Å². The van der Waals surface area contributed by atoms with E-state index >= 15 is 0 Å². The van der Waals surface area contributed by atoms with Gasteiger partial charge in [-0.2, -0.15) is 0 Å². The van der Waals surface area contributed by atoms with E-state index in [-0.39, 0.29) is 5.41 Å². The summed E-state index contributed by atoms with van der Waals surface area (Å²) in [7, 11) is 0.421. The molecule has 1 aromatic heterocycles. The molecule has 0 amide bonds. The van der Waals surface area contributed by atoms with Crippen LogP contribution in [0.4, 0.5) is 0 Å². The van der Waals surface area contributed by atoms with E-state index in [1.807, 2.05) is 12.2 Å². The molecule has 0 bridgehead atoms. The summed E-state index contributed by atoms with van der Waals surface area (Å²) >= 11 is 0. The molecule has 2 aliphatic rings. The van der Waals surface area contributed by atoms with Gasteiger partial charge in [-0.1, -0.05) is 123 Å². The molecule has 0 aliphatic heterocycles. The quantitative estimate of drug-likeness (QED) is 0.254. The number of rotatable bonds is 2. The lowest BCUT2D eigenvalue weighted by molar-refractivity contribution is 0.660. The average Bonchev–Trinajstić information content (AvgIpc) is 3.32. The normalized spacial score (nSPS) is 13.7. The van der Waals surface area contributed by atoms with Crippen LogP contribution >= 0.6 is 0 Å². The van der Waals surface area contributed by atoms with Gasteiger partial charge >= 0.3 is 0 Å². The van der Waals surface area contributed by atoms with Gasteiger partial charge in [0.2, 0.25) is 0 Å². The van der Waals surface area contributed by atoms with Crippen LogP contribution in [0.15, 0.2) is 91.6 Å². The summed E-state index contributed by atoms with van der Waals surface area (Å²) in [5.74, 6) is 0. The summed E-state index contributed by atoms with van der Waals surface area (Å²) in [6.45, 7) is 12.3. The molecule has 0 spiro atoms.